The van der Waals surface area contributed by atoms with Crippen LogP contribution in [0, 0.1) is 29.4 Å². The van der Waals surface area contributed by atoms with Gasteiger partial charge in [0.1, 0.15) is 11.6 Å². The number of ether oxygens (including phenoxy) is 1. The van der Waals surface area contributed by atoms with E-state index in [1.54, 1.807) is 0 Å². The first-order valence-corrected chi connectivity index (χ1v) is 11.6. The van der Waals surface area contributed by atoms with Gasteiger partial charge in [-0.2, -0.15) is 0 Å². The van der Waals surface area contributed by atoms with Crippen LogP contribution >= 0.6 is 0 Å². The molecule has 0 heterocycles. The van der Waals surface area contributed by atoms with Crippen LogP contribution < -0.4 is 0 Å². The minimum Gasteiger partial charge on any atom is -0.380 e. The Labute approximate surface area is 170 Å². The van der Waals surface area contributed by atoms with Crippen molar-refractivity contribution in [3.8, 4) is 0 Å². The fourth-order valence-electron chi connectivity index (χ4n) is 5.61. The van der Waals surface area contributed by atoms with Crippen molar-refractivity contribution in [2.75, 3.05) is 7.11 Å². The smallest absolute Gasteiger partial charge is 0.131 e. The van der Waals surface area contributed by atoms with Crippen LogP contribution in [-0.4, -0.2) is 7.11 Å². The first-order valence-electron chi connectivity index (χ1n) is 11.6. The van der Waals surface area contributed by atoms with Crippen LogP contribution in [0.1, 0.15) is 101 Å². The van der Waals surface area contributed by atoms with Crippen LogP contribution in [0.5, 0.6) is 0 Å². The zero-order valence-corrected chi connectivity index (χ0v) is 17.8. The molecule has 2 fully saturated rings. The third-order valence-electron chi connectivity index (χ3n) is 7.42. The highest BCUT2D eigenvalue weighted by Crippen LogP contribution is 2.40. The van der Waals surface area contributed by atoms with E-state index in [4.69, 9.17) is 4.74 Å². The molecule has 2 saturated carbocycles. The molecule has 1 aromatic carbocycles. The first kappa shape index (κ1) is 21.7. The molecule has 0 amide bonds. The van der Waals surface area contributed by atoms with Crippen LogP contribution in [-0.2, 0) is 11.3 Å². The maximum absolute atomic E-state index is 14.2. The van der Waals surface area contributed by atoms with E-state index in [-0.39, 0.29) is 12.2 Å². The maximum atomic E-state index is 14.2. The predicted octanol–water partition coefficient (Wildman–Crippen LogP) is 7.77. The summed E-state index contributed by atoms with van der Waals surface area (Å²) in [5.41, 5.74) is 0.885. The van der Waals surface area contributed by atoms with Gasteiger partial charge in [0.15, 0.2) is 0 Å². The second kappa shape index (κ2) is 10.7. The second-order valence-corrected chi connectivity index (χ2v) is 9.37. The number of hydrogen-bond donors (Lipinski definition) is 0. The molecule has 0 saturated heterocycles. The zero-order chi connectivity index (χ0) is 19.9. The van der Waals surface area contributed by atoms with E-state index in [0.29, 0.717) is 5.92 Å². The van der Waals surface area contributed by atoms with Gasteiger partial charge in [0.2, 0.25) is 0 Å². The van der Waals surface area contributed by atoms with E-state index in [9.17, 15) is 8.78 Å². The number of halogens is 2. The van der Waals surface area contributed by atoms with Gasteiger partial charge < -0.3 is 4.74 Å². The summed E-state index contributed by atoms with van der Waals surface area (Å²) >= 11 is 0. The lowest BCUT2D eigenvalue weighted by molar-refractivity contribution is 0.177. The van der Waals surface area contributed by atoms with E-state index < -0.39 is 11.6 Å². The van der Waals surface area contributed by atoms with Crippen LogP contribution in [0.2, 0.25) is 0 Å². The Hall–Kier alpha value is -0.960. The monoisotopic (exact) mass is 392 g/mol. The van der Waals surface area contributed by atoms with Gasteiger partial charge in [-0.15, -0.1) is 0 Å². The molecule has 158 valence electrons. The van der Waals surface area contributed by atoms with Crippen LogP contribution in [0.3, 0.4) is 0 Å². The first-order chi connectivity index (χ1) is 13.6. The fourth-order valence-corrected chi connectivity index (χ4v) is 5.61. The highest BCUT2D eigenvalue weighted by atomic mass is 19.1. The zero-order valence-electron chi connectivity index (χ0n) is 17.8. The number of benzene rings is 1. The Morgan fingerprint density at radius 2 is 1.25 bits per heavy atom. The van der Waals surface area contributed by atoms with Gasteiger partial charge in [0.05, 0.1) is 6.61 Å². The van der Waals surface area contributed by atoms with Gasteiger partial charge in [-0.25, -0.2) is 8.78 Å². The minimum absolute atomic E-state index is 0.00888. The van der Waals surface area contributed by atoms with Gasteiger partial charge in [-0.1, -0.05) is 58.3 Å². The summed E-state index contributed by atoms with van der Waals surface area (Å²) in [4.78, 5) is 0. The summed E-state index contributed by atoms with van der Waals surface area (Å²) in [6.45, 7) is 2.30. The summed E-state index contributed by atoms with van der Waals surface area (Å²) in [5, 5.41) is 0. The lowest BCUT2D eigenvalue weighted by Crippen LogP contribution is -2.18. The minimum atomic E-state index is -0.461. The molecule has 1 nitrogen and oxygen atoms in total. The summed E-state index contributed by atoms with van der Waals surface area (Å²) < 4.78 is 33.3. The molecule has 1 aromatic rings. The molecule has 3 heteroatoms. The van der Waals surface area contributed by atoms with Crippen LogP contribution in [0.25, 0.3) is 0 Å². The fraction of sp³-hybridized carbons (Fsp3) is 0.760. The van der Waals surface area contributed by atoms with Crippen molar-refractivity contribution in [1.82, 2.24) is 0 Å². The highest BCUT2D eigenvalue weighted by Gasteiger charge is 2.26. The molecule has 0 unspecified atom stereocenters. The van der Waals surface area contributed by atoms with Crippen molar-refractivity contribution in [2.45, 2.75) is 96.5 Å². The van der Waals surface area contributed by atoms with Crippen molar-refractivity contribution in [3.05, 3.63) is 34.9 Å². The predicted molar refractivity (Wildman–Crippen MR) is 111 cm³/mol. The van der Waals surface area contributed by atoms with Gasteiger partial charge >= 0.3 is 0 Å². The Morgan fingerprint density at radius 1 is 0.786 bits per heavy atom. The molecule has 28 heavy (non-hydrogen) atoms. The molecular weight excluding hydrogens is 354 g/mol. The van der Waals surface area contributed by atoms with Crippen molar-refractivity contribution in [1.29, 1.82) is 0 Å². The lowest BCUT2D eigenvalue weighted by Gasteiger charge is -2.32. The van der Waals surface area contributed by atoms with Crippen LogP contribution in [0.4, 0.5) is 8.78 Å². The molecule has 0 atom stereocenters. The van der Waals surface area contributed by atoms with Crippen molar-refractivity contribution in [3.63, 3.8) is 0 Å². The van der Waals surface area contributed by atoms with E-state index in [1.165, 1.54) is 83.5 Å². The van der Waals surface area contributed by atoms with Gasteiger partial charge in [0, 0.05) is 12.7 Å². The number of methoxy groups -OCH3 is 1. The standard InChI is InChI=1S/C25H38F2O/c1-3-4-18-5-7-19(8-6-18)9-10-20-11-13-21(14-12-20)22-15-24(26)23(17-28-2)25(27)16-22/h15-16,18-21H,3-14,17H2,1-2H3. The number of hydrogen-bond acceptors (Lipinski definition) is 1. The van der Waals surface area contributed by atoms with E-state index >= 15 is 0 Å². The van der Waals surface area contributed by atoms with E-state index in [2.05, 4.69) is 6.92 Å². The highest BCUT2D eigenvalue weighted by molar-refractivity contribution is 5.28. The van der Waals surface area contributed by atoms with E-state index in [1.807, 2.05) is 0 Å². The molecule has 0 radical (unpaired) electrons. The second-order valence-electron chi connectivity index (χ2n) is 9.37. The maximum Gasteiger partial charge on any atom is 0.131 e. The Balaban J connectivity index is 1.42. The summed E-state index contributed by atoms with van der Waals surface area (Å²) in [7, 11) is 1.46. The van der Waals surface area contributed by atoms with Gasteiger partial charge in [-0.3, -0.25) is 0 Å². The quantitative estimate of drug-likeness (QED) is 0.439. The SMILES string of the molecule is CCCC1CCC(CCC2CCC(c3cc(F)c(COC)c(F)c3)CC2)CC1. The van der Waals surface area contributed by atoms with Crippen molar-refractivity contribution >= 4 is 0 Å². The summed E-state index contributed by atoms with van der Waals surface area (Å²) in [6, 6.07) is 3.08. The normalized spacial score (nSPS) is 28.4. The van der Waals surface area contributed by atoms with E-state index in [0.717, 1.165) is 36.2 Å². The van der Waals surface area contributed by atoms with Crippen molar-refractivity contribution in [2.24, 2.45) is 17.8 Å². The Morgan fingerprint density at radius 3 is 1.71 bits per heavy atom. The van der Waals surface area contributed by atoms with Gasteiger partial charge in [0.25, 0.3) is 0 Å². The number of rotatable bonds is 8. The molecule has 0 N–H and O–H groups in total. The Kier molecular flexibility index (Phi) is 8.32. The molecular formula is C25H38F2O. The third-order valence-corrected chi connectivity index (χ3v) is 7.42. The largest absolute Gasteiger partial charge is 0.380 e. The molecule has 0 aromatic heterocycles. The molecule has 0 spiro atoms. The molecule has 0 aliphatic heterocycles. The average Bonchev–Trinajstić information content (AvgIpc) is 2.71. The Bertz CT molecular complexity index is 576. The summed E-state index contributed by atoms with van der Waals surface area (Å²) in [6.07, 6.45) is 15.8. The molecule has 0 bridgehead atoms. The third kappa shape index (κ3) is 5.78. The summed E-state index contributed by atoms with van der Waals surface area (Å²) in [5.74, 6) is 2.14. The molecule has 3 rings (SSSR count). The molecule has 2 aliphatic rings. The average molecular weight is 393 g/mol. The van der Waals surface area contributed by atoms with Gasteiger partial charge in [-0.05, 0) is 67.1 Å². The lowest BCUT2D eigenvalue weighted by atomic mass is 9.74. The van der Waals surface area contributed by atoms with Crippen LogP contribution in [0.15, 0.2) is 12.1 Å². The molecule has 2 aliphatic carbocycles. The van der Waals surface area contributed by atoms with Crippen molar-refractivity contribution < 1.29 is 13.5 Å². The topological polar surface area (TPSA) is 9.23 Å².